The summed E-state index contributed by atoms with van der Waals surface area (Å²) < 4.78 is 6.22. The van der Waals surface area contributed by atoms with Gasteiger partial charge in [0.25, 0.3) is 5.91 Å². The number of nitrogens with one attached hydrogen (secondary N) is 1. The molecule has 36 heavy (non-hydrogen) atoms. The molecule has 2 heterocycles. The Hall–Kier alpha value is -3.81. The summed E-state index contributed by atoms with van der Waals surface area (Å²) in [6.45, 7) is 0. The molecule has 1 unspecified atom stereocenters. The van der Waals surface area contributed by atoms with Gasteiger partial charge in [-0.25, -0.2) is 5.01 Å². The molecule has 0 radical (unpaired) electrons. The van der Waals surface area contributed by atoms with Crippen molar-refractivity contribution >= 4 is 56.3 Å². The first-order valence-corrected chi connectivity index (χ1v) is 12.4. The van der Waals surface area contributed by atoms with Crippen LogP contribution in [0.4, 0.5) is 17.1 Å². The minimum absolute atomic E-state index is 0.216. The van der Waals surface area contributed by atoms with Crippen LogP contribution in [0.15, 0.2) is 107 Å². The number of benzene rings is 4. The highest BCUT2D eigenvalue weighted by molar-refractivity contribution is 9.10. The molecule has 6 rings (SSSR count). The van der Waals surface area contributed by atoms with E-state index in [0.29, 0.717) is 10.9 Å². The van der Waals surface area contributed by atoms with E-state index in [-0.39, 0.29) is 5.91 Å². The number of nitrogens with zero attached hydrogens (tertiary/aromatic N) is 3. The number of para-hydroxylation sites is 1. The van der Waals surface area contributed by atoms with Crippen molar-refractivity contribution in [2.75, 3.05) is 22.3 Å². The molecule has 0 aliphatic carbocycles. The Balaban J connectivity index is 1.68. The maximum absolute atomic E-state index is 14.2. The van der Waals surface area contributed by atoms with Gasteiger partial charge in [-0.1, -0.05) is 51.8 Å². The Morgan fingerprint density at radius 3 is 2.39 bits per heavy atom. The zero-order valence-corrected chi connectivity index (χ0v) is 21.5. The number of methoxy groups -OCH3 is 1. The Morgan fingerprint density at radius 1 is 0.917 bits per heavy atom. The molecule has 1 N–H and O–H groups in total. The third-order valence-electron chi connectivity index (χ3n) is 6.37. The number of rotatable bonds is 4. The van der Waals surface area contributed by atoms with Crippen LogP contribution in [0.5, 0.6) is 5.75 Å². The number of carbonyl (C=O) groups is 1. The average Bonchev–Trinajstić information content (AvgIpc) is 3.40. The number of carbonyl (C=O) groups excluding carboxylic acids is 1. The first kappa shape index (κ1) is 22.6. The molecule has 6 nitrogen and oxygen atoms in total. The van der Waals surface area contributed by atoms with Gasteiger partial charge in [0, 0.05) is 32.0 Å². The molecule has 0 bridgehead atoms. The number of fused-ring (bicyclic) bond motifs is 2. The number of hydrogen-bond donors (Lipinski definition) is 1. The molecule has 178 valence electrons. The van der Waals surface area contributed by atoms with Crippen LogP contribution >= 0.6 is 27.5 Å². The van der Waals surface area contributed by atoms with E-state index in [1.165, 1.54) is 0 Å². The van der Waals surface area contributed by atoms with E-state index in [1.54, 1.807) is 12.1 Å². The van der Waals surface area contributed by atoms with Gasteiger partial charge in [-0.3, -0.25) is 9.69 Å². The minimum atomic E-state index is -1.33. The van der Waals surface area contributed by atoms with E-state index in [2.05, 4.69) is 21.2 Å². The fourth-order valence-corrected chi connectivity index (χ4v) is 5.35. The smallest absolute Gasteiger partial charge is 0.278 e. The van der Waals surface area contributed by atoms with Crippen molar-refractivity contribution in [3.8, 4) is 5.75 Å². The van der Waals surface area contributed by atoms with E-state index in [0.717, 1.165) is 38.4 Å². The van der Waals surface area contributed by atoms with Crippen LogP contribution in [-0.4, -0.2) is 18.9 Å². The Kier molecular flexibility index (Phi) is 5.47. The van der Waals surface area contributed by atoms with Crippen molar-refractivity contribution in [3.05, 3.63) is 118 Å². The molecule has 4 aromatic rings. The normalized spacial score (nSPS) is 18.3. The molecule has 8 heteroatoms. The highest BCUT2D eigenvalue weighted by Gasteiger charge is 2.61. The molecule has 1 spiro atoms. The quantitative estimate of drug-likeness (QED) is 0.306. The SMILES string of the molecule is COc1ccc(C2=NN(c3ccccc3)C3(C(=O)Nc4ccc(Br)cc43)N2c2cccc(Cl)c2)cc1. The largest absolute Gasteiger partial charge is 0.497 e. The average molecular weight is 560 g/mol. The Labute approximate surface area is 221 Å². The van der Waals surface area contributed by atoms with Gasteiger partial charge >= 0.3 is 0 Å². The van der Waals surface area contributed by atoms with Crippen LogP contribution in [0.3, 0.4) is 0 Å². The Bertz CT molecular complexity index is 1510. The Morgan fingerprint density at radius 2 is 1.67 bits per heavy atom. The summed E-state index contributed by atoms with van der Waals surface area (Å²) in [6, 6.07) is 30.6. The maximum atomic E-state index is 14.2. The molecular formula is C28H20BrClN4O2. The van der Waals surface area contributed by atoms with E-state index < -0.39 is 5.66 Å². The molecule has 1 amide bonds. The van der Waals surface area contributed by atoms with Crippen LogP contribution in [-0.2, 0) is 10.5 Å². The predicted molar refractivity (Wildman–Crippen MR) is 147 cm³/mol. The van der Waals surface area contributed by atoms with Crippen LogP contribution in [0.2, 0.25) is 5.02 Å². The molecule has 2 aliphatic rings. The highest BCUT2D eigenvalue weighted by atomic mass is 79.9. The lowest BCUT2D eigenvalue weighted by Gasteiger charge is -2.40. The zero-order chi connectivity index (χ0) is 24.9. The second-order valence-electron chi connectivity index (χ2n) is 8.43. The van der Waals surface area contributed by atoms with Gasteiger partial charge in [0.05, 0.1) is 12.8 Å². The van der Waals surface area contributed by atoms with Crippen molar-refractivity contribution < 1.29 is 9.53 Å². The lowest BCUT2D eigenvalue weighted by molar-refractivity contribution is -0.120. The van der Waals surface area contributed by atoms with Crippen molar-refractivity contribution in [3.63, 3.8) is 0 Å². The van der Waals surface area contributed by atoms with Crippen molar-refractivity contribution in [2.45, 2.75) is 5.66 Å². The van der Waals surface area contributed by atoms with E-state index >= 15 is 0 Å². The molecule has 4 aromatic carbocycles. The summed E-state index contributed by atoms with van der Waals surface area (Å²) in [5, 5.41) is 10.5. The molecule has 2 aliphatic heterocycles. The standard InChI is InChI=1S/C28H20BrClN4O2/c1-36-23-13-10-18(11-14-23)26-32-34(21-7-3-2-4-8-21)28(33(26)22-9-5-6-20(30)17-22)24-16-19(29)12-15-25(24)31-27(28)35/h2-17H,1H3,(H,31,35). The monoisotopic (exact) mass is 558 g/mol. The third kappa shape index (κ3) is 3.38. The zero-order valence-electron chi connectivity index (χ0n) is 19.2. The second-order valence-corrected chi connectivity index (χ2v) is 9.78. The number of ether oxygens (including phenoxy) is 1. The van der Waals surface area contributed by atoms with Gasteiger partial charge < -0.3 is 10.1 Å². The van der Waals surface area contributed by atoms with Gasteiger partial charge in [-0.2, -0.15) is 5.10 Å². The minimum Gasteiger partial charge on any atom is -0.497 e. The predicted octanol–water partition coefficient (Wildman–Crippen LogP) is 6.60. The summed E-state index contributed by atoms with van der Waals surface area (Å²) in [5.41, 5.74) is 2.50. The lowest BCUT2D eigenvalue weighted by Crippen LogP contribution is -2.58. The van der Waals surface area contributed by atoms with Crippen LogP contribution in [0.25, 0.3) is 0 Å². The number of hydrogen-bond acceptors (Lipinski definition) is 5. The first-order valence-electron chi connectivity index (χ1n) is 11.3. The van der Waals surface area contributed by atoms with Gasteiger partial charge in [-0.15, -0.1) is 0 Å². The fraction of sp³-hybridized carbons (Fsp3) is 0.0714. The maximum Gasteiger partial charge on any atom is 0.278 e. The van der Waals surface area contributed by atoms with Gasteiger partial charge in [0.1, 0.15) is 5.75 Å². The summed E-state index contributed by atoms with van der Waals surface area (Å²) in [7, 11) is 1.63. The number of amides is 1. The van der Waals surface area contributed by atoms with E-state index in [4.69, 9.17) is 21.4 Å². The van der Waals surface area contributed by atoms with Gasteiger partial charge in [-0.05, 0) is 72.8 Å². The van der Waals surface area contributed by atoms with Crippen molar-refractivity contribution in [2.24, 2.45) is 5.10 Å². The number of hydrazone groups is 1. The lowest BCUT2D eigenvalue weighted by atomic mass is 9.95. The second kappa shape index (κ2) is 8.69. The summed E-state index contributed by atoms with van der Waals surface area (Å²) >= 11 is 10.1. The first-order chi connectivity index (χ1) is 17.5. The highest BCUT2D eigenvalue weighted by Crippen LogP contribution is 2.51. The number of anilines is 3. The molecule has 0 fully saturated rings. The van der Waals surface area contributed by atoms with Crippen LogP contribution < -0.4 is 20.0 Å². The van der Waals surface area contributed by atoms with E-state index in [9.17, 15) is 4.79 Å². The van der Waals surface area contributed by atoms with Crippen LogP contribution in [0.1, 0.15) is 11.1 Å². The van der Waals surface area contributed by atoms with Gasteiger partial charge in [0.15, 0.2) is 5.84 Å². The van der Waals surface area contributed by atoms with Crippen molar-refractivity contribution in [1.29, 1.82) is 0 Å². The third-order valence-corrected chi connectivity index (χ3v) is 7.10. The number of halogens is 2. The summed E-state index contributed by atoms with van der Waals surface area (Å²) in [4.78, 5) is 16.1. The molecular weight excluding hydrogens is 540 g/mol. The molecule has 1 atom stereocenters. The topological polar surface area (TPSA) is 57.2 Å². The molecule has 0 saturated carbocycles. The fourth-order valence-electron chi connectivity index (χ4n) is 4.80. The molecule has 0 saturated heterocycles. The summed E-state index contributed by atoms with van der Waals surface area (Å²) in [5.74, 6) is 1.12. The number of amidine groups is 1. The van der Waals surface area contributed by atoms with E-state index in [1.807, 2.05) is 102 Å². The molecule has 0 aromatic heterocycles. The summed E-state index contributed by atoms with van der Waals surface area (Å²) in [6.07, 6.45) is 0. The van der Waals surface area contributed by atoms with Crippen LogP contribution in [0, 0.1) is 0 Å². The van der Waals surface area contributed by atoms with Crippen molar-refractivity contribution in [1.82, 2.24) is 0 Å². The van der Waals surface area contributed by atoms with Gasteiger partial charge in [0.2, 0.25) is 5.66 Å².